The predicted molar refractivity (Wildman–Crippen MR) is 38.4 cm³/mol. The molecule has 0 aliphatic heterocycles. The maximum atomic E-state index is 9.77. The molecule has 0 saturated heterocycles. The molecule has 1 radical (unpaired) electrons. The molecule has 0 fully saturated rings. The van der Waals surface area contributed by atoms with Crippen molar-refractivity contribution < 1.29 is 19.8 Å². The van der Waals surface area contributed by atoms with Crippen molar-refractivity contribution in [2.45, 2.75) is 0 Å². The zero-order valence-corrected chi connectivity index (χ0v) is 9.47. The van der Waals surface area contributed by atoms with E-state index in [0.29, 0.717) is 0 Å². The van der Waals surface area contributed by atoms with Crippen LogP contribution in [0, 0.1) is 0 Å². The van der Waals surface area contributed by atoms with Crippen molar-refractivity contribution in [3.05, 3.63) is 0 Å². The van der Waals surface area contributed by atoms with Gasteiger partial charge >= 0.3 is 11.9 Å². The average molecular weight is 189 g/mol. The molecule has 0 aromatic heterocycles. The molecule has 53 valence electrons. The Kier molecular flexibility index (Phi) is 10.8. The van der Waals surface area contributed by atoms with Crippen LogP contribution in [0.2, 0.25) is 0 Å². The molecule has 0 aliphatic rings. The van der Waals surface area contributed by atoms with Crippen LogP contribution in [0.25, 0.3) is 0 Å². The summed E-state index contributed by atoms with van der Waals surface area (Å²) in [5.74, 6) is -2.26. The molecule has 4 nitrogen and oxygen atoms in total. The Labute approximate surface area is 105 Å². The molecule has 0 heterocycles. The Hall–Kier alpha value is 0.926. The molecular weight excluding hydrogens is 183 g/mol. The van der Waals surface area contributed by atoms with Crippen molar-refractivity contribution >= 4 is 75.1 Å². The van der Waals surface area contributed by atoms with Gasteiger partial charge in [0.05, 0.1) is 11.5 Å². The van der Waals surface area contributed by atoms with Gasteiger partial charge in [-0.2, -0.15) is 0 Å². The minimum absolute atomic E-state index is 0. The zero-order chi connectivity index (χ0) is 7.28. The van der Waals surface area contributed by atoms with Crippen molar-refractivity contribution in [1.82, 2.24) is 0 Å². The van der Waals surface area contributed by atoms with E-state index in [1.165, 1.54) is 0 Å². The van der Waals surface area contributed by atoms with Gasteiger partial charge in [0.15, 0.2) is 0 Å². The fourth-order valence-corrected chi connectivity index (χ4v) is 0.677. The molecule has 0 aromatic carbocycles. The number of hydrogen-bond donors (Lipinski definition) is 2. The van der Waals surface area contributed by atoms with E-state index < -0.39 is 11.9 Å². The number of carboxylic acid groups (broad SMARTS) is 2. The minimum atomic E-state index is -0.985. The van der Waals surface area contributed by atoms with Crippen molar-refractivity contribution in [2.75, 3.05) is 11.5 Å². The van der Waals surface area contributed by atoms with Crippen molar-refractivity contribution in [2.24, 2.45) is 0 Å². The van der Waals surface area contributed by atoms with Crippen LogP contribution in [0.3, 0.4) is 0 Å². The smallest absolute Gasteiger partial charge is 0.313 e. The molecule has 10 heavy (non-hydrogen) atoms. The van der Waals surface area contributed by atoms with Crippen LogP contribution in [0.1, 0.15) is 0 Å². The summed E-state index contributed by atoms with van der Waals surface area (Å²) in [5, 5.41) is 16.0. The topological polar surface area (TPSA) is 74.6 Å². The van der Waals surface area contributed by atoms with Crippen molar-refractivity contribution in [1.29, 1.82) is 0 Å². The van der Waals surface area contributed by atoms with E-state index in [0.717, 1.165) is 11.8 Å². The maximum Gasteiger partial charge on any atom is 0.313 e. The van der Waals surface area contributed by atoms with Crippen LogP contribution < -0.4 is 0 Å². The molecular formula is C4H6KO4S. The van der Waals surface area contributed by atoms with E-state index in [9.17, 15) is 9.59 Å². The molecule has 6 heteroatoms. The fraction of sp³-hybridized carbons (Fsp3) is 0.500. The Morgan fingerprint density at radius 2 is 1.40 bits per heavy atom. The summed E-state index contributed by atoms with van der Waals surface area (Å²) in [7, 11) is 0. The van der Waals surface area contributed by atoms with Gasteiger partial charge in [0, 0.05) is 51.4 Å². The summed E-state index contributed by atoms with van der Waals surface area (Å²) < 4.78 is 0. The van der Waals surface area contributed by atoms with Gasteiger partial charge in [0.2, 0.25) is 0 Å². The molecule has 2 N–H and O–H groups in total. The molecule has 0 rings (SSSR count). The summed E-state index contributed by atoms with van der Waals surface area (Å²) in [5.41, 5.74) is 0. The van der Waals surface area contributed by atoms with Gasteiger partial charge in [-0.15, -0.1) is 11.8 Å². The van der Waals surface area contributed by atoms with Gasteiger partial charge in [-0.3, -0.25) is 9.59 Å². The second-order valence-electron chi connectivity index (χ2n) is 1.28. The van der Waals surface area contributed by atoms with Crippen LogP contribution in [-0.2, 0) is 9.59 Å². The number of aliphatic carboxylic acids is 2. The van der Waals surface area contributed by atoms with E-state index in [4.69, 9.17) is 10.2 Å². The van der Waals surface area contributed by atoms with Gasteiger partial charge in [0.25, 0.3) is 0 Å². The SMILES string of the molecule is O=C(O)CSCC(=O)O.[K]. The molecule has 0 unspecified atom stereocenters. The number of thioether (sulfide) groups is 1. The first-order chi connectivity index (χ1) is 4.13. The van der Waals surface area contributed by atoms with Crippen molar-refractivity contribution in [3.63, 3.8) is 0 Å². The van der Waals surface area contributed by atoms with E-state index >= 15 is 0 Å². The molecule has 0 amide bonds. The van der Waals surface area contributed by atoms with Crippen LogP contribution in [0.5, 0.6) is 0 Å². The number of carbonyl (C=O) groups is 2. The third-order valence-corrected chi connectivity index (χ3v) is 1.35. The summed E-state index contributed by atoms with van der Waals surface area (Å²) in [6, 6.07) is 0. The quantitative estimate of drug-likeness (QED) is 0.584. The van der Waals surface area contributed by atoms with Crippen molar-refractivity contribution in [3.8, 4) is 0 Å². The first-order valence-corrected chi connectivity index (χ1v) is 3.29. The van der Waals surface area contributed by atoms with Crippen LogP contribution >= 0.6 is 11.8 Å². The number of carboxylic acids is 2. The van der Waals surface area contributed by atoms with Crippen LogP contribution in [0.15, 0.2) is 0 Å². The summed E-state index contributed by atoms with van der Waals surface area (Å²) >= 11 is 0.870. The van der Waals surface area contributed by atoms with E-state index in [2.05, 4.69) is 0 Å². The fourth-order valence-electron chi connectivity index (χ4n) is 0.226. The third-order valence-electron chi connectivity index (χ3n) is 0.451. The molecule has 0 aliphatic carbocycles. The van der Waals surface area contributed by atoms with E-state index in [-0.39, 0.29) is 62.9 Å². The van der Waals surface area contributed by atoms with Gasteiger partial charge in [-0.1, -0.05) is 0 Å². The summed E-state index contributed by atoms with van der Waals surface area (Å²) in [6.45, 7) is 0. The molecule has 0 bridgehead atoms. The Morgan fingerprint density at radius 1 is 1.10 bits per heavy atom. The van der Waals surface area contributed by atoms with Gasteiger partial charge in [-0.05, 0) is 0 Å². The first-order valence-electron chi connectivity index (χ1n) is 2.14. The predicted octanol–water partition coefficient (Wildman–Crippen LogP) is -0.492. The summed E-state index contributed by atoms with van der Waals surface area (Å²) in [4.78, 5) is 19.5. The standard InChI is InChI=1S/C4H6O4S.K/c5-3(6)1-9-2-4(7)8;/h1-2H2,(H,5,6)(H,7,8);. The monoisotopic (exact) mass is 189 g/mol. The summed E-state index contributed by atoms with van der Waals surface area (Å²) in [6.07, 6.45) is 0. The second kappa shape index (κ2) is 8.03. The van der Waals surface area contributed by atoms with Gasteiger partial charge in [0.1, 0.15) is 0 Å². The second-order valence-corrected chi connectivity index (χ2v) is 2.27. The first kappa shape index (κ1) is 13.5. The Morgan fingerprint density at radius 3 is 1.60 bits per heavy atom. The van der Waals surface area contributed by atoms with Gasteiger partial charge < -0.3 is 10.2 Å². The molecule has 0 spiro atoms. The van der Waals surface area contributed by atoms with E-state index in [1.807, 2.05) is 0 Å². The maximum absolute atomic E-state index is 9.77. The molecule has 0 atom stereocenters. The number of hydrogen-bond acceptors (Lipinski definition) is 3. The minimum Gasteiger partial charge on any atom is -0.481 e. The normalized spacial score (nSPS) is 8.00. The third kappa shape index (κ3) is 11.7. The zero-order valence-electron chi connectivity index (χ0n) is 5.53. The van der Waals surface area contributed by atoms with Crippen LogP contribution in [-0.4, -0.2) is 85.0 Å². The Balaban J connectivity index is 0. The largest absolute Gasteiger partial charge is 0.481 e. The van der Waals surface area contributed by atoms with Crippen LogP contribution in [0.4, 0.5) is 0 Å². The number of rotatable bonds is 4. The van der Waals surface area contributed by atoms with Gasteiger partial charge in [-0.25, -0.2) is 0 Å². The van der Waals surface area contributed by atoms with E-state index in [1.54, 1.807) is 0 Å². The Bertz CT molecular complexity index is 112. The molecule has 0 saturated carbocycles. The molecule has 0 aromatic rings. The average Bonchev–Trinajstić information content (AvgIpc) is 1.63.